The normalized spacial score (nSPS) is 23.0. The maximum Gasteiger partial charge on any atom is 0.338 e. The summed E-state index contributed by atoms with van der Waals surface area (Å²) in [5, 5.41) is 11.2. The van der Waals surface area contributed by atoms with E-state index in [9.17, 15) is 9.90 Å². The predicted octanol–water partition coefficient (Wildman–Crippen LogP) is 3.86. The fraction of sp³-hybridized carbons (Fsp3) is 0.706. The Morgan fingerprint density at radius 2 is 2.17 bits per heavy atom. The van der Waals surface area contributed by atoms with Gasteiger partial charge in [-0.3, -0.25) is 0 Å². The Morgan fingerprint density at radius 3 is 2.78 bits per heavy atom. The van der Waals surface area contributed by atoms with Crippen molar-refractivity contribution in [1.82, 2.24) is 0 Å². The average molecular weight is 342 g/mol. The van der Waals surface area contributed by atoms with Crippen molar-refractivity contribution in [3.05, 3.63) is 16.3 Å². The zero-order chi connectivity index (χ0) is 16.7. The van der Waals surface area contributed by atoms with Crippen molar-refractivity contribution in [2.24, 2.45) is 0 Å². The second-order valence-electron chi connectivity index (χ2n) is 5.88. The Morgan fingerprint density at radius 1 is 1.39 bits per heavy atom. The second-order valence-corrected chi connectivity index (χ2v) is 6.87. The van der Waals surface area contributed by atoms with Crippen molar-refractivity contribution in [3.63, 3.8) is 0 Å². The smallest absolute Gasteiger partial charge is 0.338 e. The molecule has 1 aromatic heterocycles. The first kappa shape index (κ1) is 18.2. The molecular formula is C17H26O5S. The third-order valence-corrected chi connectivity index (χ3v) is 5.13. The van der Waals surface area contributed by atoms with Gasteiger partial charge in [0.25, 0.3) is 0 Å². The molecule has 1 fully saturated rings. The Balaban J connectivity index is 1.49. The van der Waals surface area contributed by atoms with Crippen LogP contribution in [0.3, 0.4) is 0 Å². The van der Waals surface area contributed by atoms with Crippen molar-refractivity contribution in [3.8, 4) is 5.75 Å². The van der Waals surface area contributed by atoms with Gasteiger partial charge in [-0.15, -0.1) is 11.3 Å². The summed E-state index contributed by atoms with van der Waals surface area (Å²) in [6.45, 7) is 3.33. The number of hydrogen-bond donors (Lipinski definition) is 1. The summed E-state index contributed by atoms with van der Waals surface area (Å²) in [5.74, 6) is 0.0766. The molecule has 2 rings (SSSR count). The minimum absolute atomic E-state index is 0.0916. The molecule has 1 aliphatic heterocycles. The zero-order valence-corrected chi connectivity index (χ0v) is 14.7. The zero-order valence-electron chi connectivity index (χ0n) is 13.9. The molecule has 0 aromatic carbocycles. The van der Waals surface area contributed by atoms with Crippen molar-refractivity contribution in [2.75, 3.05) is 13.7 Å². The van der Waals surface area contributed by atoms with Crippen molar-refractivity contribution in [2.45, 2.75) is 63.8 Å². The first-order valence-electron chi connectivity index (χ1n) is 8.22. The van der Waals surface area contributed by atoms with Crippen LogP contribution < -0.4 is 4.74 Å². The van der Waals surface area contributed by atoms with Gasteiger partial charge in [0.1, 0.15) is 5.75 Å². The van der Waals surface area contributed by atoms with Crippen LogP contribution in [0, 0.1) is 0 Å². The highest BCUT2D eigenvalue weighted by molar-refractivity contribution is 7.10. The first-order valence-corrected chi connectivity index (χ1v) is 9.10. The highest BCUT2D eigenvalue weighted by Gasteiger charge is 2.61. The number of carboxylic acid groups (broad SMARTS) is 1. The minimum atomic E-state index is -0.885. The fourth-order valence-electron chi connectivity index (χ4n) is 2.81. The lowest BCUT2D eigenvalue weighted by atomic mass is 9.96. The predicted molar refractivity (Wildman–Crippen MR) is 89.1 cm³/mol. The summed E-state index contributed by atoms with van der Waals surface area (Å²) < 4.78 is 16.2. The van der Waals surface area contributed by atoms with E-state index in [0.717, 1.165) is 44.5 Å². The number of ether oxygens (including phenoxy) is 3. The fourth-order valence-corrected chi connectivity index (χ4v) is 3.58. The topological polar surface area (TPSA) is 68.3 Å². The van der Waals surface area contributed by atoms with Gasteiger partial charge in [0, 0.05) is 16.9 Å². The lowest BCUT2D eigenvalue weighted by Gasteiger charge is -2.07. The molecule has 2 atom stereocenters. The number of thiophene rings is 1. The third kappa shape index (κ3) is 4.93. The molecule has 130 valence electrons. The van der Waals surface area contributed by atoms with Gasteiger partial charge in [-0.25, -0.2) is 4.79 Å². The molecule has 0 spiro atoms. The van der Waals surface area contributed by atoms with Gasteiger partial charge in [0.05, 0.1) is 19.8 Å². The maximum absolute atomic E-state index is 11.3. The summed E-state index contributed by atoms with van der Waals surface area (Å²) in [6, 6.07) is 2.00. The van der Waals surface area contributed by atoms with Gasteiger partial charge in [0.15, 0.2) is 5.60 Å². The lowest BCUT2D eigenvalue weighted by molar-refractivity contribution is -0.143. The van der Waals surface area contributed by atoms with Gasteiger partial charge >= 0.3 is 5.97 Å². The minimum Gasteiger partial charge on any atom is -0.496 e. The number of aliphatic carboxylic acids is 1. The summed E-state index contributed by atoms with van der Waals surface area (Å²) in [6.07, 6.45) is 5.27. The van der Waals surface area contributed by atoms with Crippen LogP contribution in [0.4, 0.5) is 0 Å². The largest absolute Gasteiger partial charge is 0.496 e. The van der Waals surface area contributed by atoms with Crippen LogP contribution in [0.15, 0.2) is 11.4 Å². The first-order chi connectivity index (χ1) is 11.1. The van der Waals surface area contributed by atoms with Crippen LogP contribution in [0.1, 0.15) is 50.3 Å². The molecular weight excluding hydrogens is 316 g/mol. The van der Waals surface area contributed by atoms with E-state index in [2.05, 4.69) is 0 Å². The van der Waals surface area contributed by atoms with Gasteiger partial charge in [0.2, 0.25) is 0 Å². The molecule has 2 unspecified atom stereocenters. The molecule has 1 saturated heterocycles. The molecule has 23 heavy (non-hydrogen) atoms. The molecule has 2 heterocycles. The van der Waals surface area contributed by atoms with Crippen molar-refractivity contribution in [1.29, 1.82) is 0 Å². The molecule has 0 aliphatic carbocycles. The monoisotopic (exact) mass is 342 g/mol. The van der Waals surface area contributed by atoms with E-state index in [1.165, 1.54) is 4.88 Å². The quantitative estimate of drug-likeness (QED) is 0.461. The Kier molecular flexibility index (Phi) is 6.87. The number of methoxy groups -OCH3 is 1. The van der Waals surface area contributed by atoms with Gasteiger partial charge < -0.3 is 19.3 Å². The number of unbranched alkanes of at least 4 members (excludes halogenated alkanes) is 3. The number of hydrogen-bond acceptors (Lipinski definition) is 5. The summed E-state index contributed by atoms with van der Waals surface area (Å²) in [4.78, 5) is 12.4. The highest BCUT2D eigenvalue weighted by Crippen LogP contribution is 2.43. The van der Waals surface area contributed by atoms with E-state index in [4.69, 9.17) is 14.2 Å². The van der Waals surface area contributed by atoms with Crippen LogP contribution in [-0.2, 0) is 20.9 Å². The summed E-state index contributed by atoms with van der Waals surface area (Å²) in [5.41, 5.74) is -0.885. The molecule has 1 aromatic rings. The molecule has 1 aliphatic rings. The number of epoxide rings is 1. The van der Waals surface area contributed by atoms with E-state index >= 15 is 0 Å². The molecule has 0 bridgehead atoms. The van der Waals surface area contributed by atoms with Crippen LogP contribution in [0.5, 0.6) is 5.75 Å². The van der Waals surface area contributed by atoms with Gasteiger partial charge in [-0.1, -0.05) is 19.8 Å². The SMILES string of the molecule is CCC1OC1(CCCCCCOCc1cc(OC)cs1)C(=O)O. The molecule has 6 heteroatoms. The molecule has 1 N–H and O–H groups in total. The van der Waals surface area contributed by atoms with Crippen LogP contribution in [0.25, 0.3) is 0 Å². The van der Waals surface area contributed by atoms with E-state index in [0.29, 0.717) is 13.0 Å². The molecule has 0 saturated carbocycles. The third-order valence-electron chi connectivity index (χ3n) is 4.24. The standard InChI is InChI=1S/C17H26O5S/c1-3-15-17(22-15,16(18)19)8-6-4-5-7-9-21-11-14-10-13(20-2)12-23-14/h10,12,15H,3-9,11H2,1-2H3,(H,18,19). The average Bonchev–Trinajstić information content (AvgIpc) is 3.09. The van der Waals surface area contributed by atoms with E-state index < -0.39 is 11.6 Å². The van der Waals surface area contributed by atoms with Crippen LogP contribution in [-0.4, -0.2) is 36.5 Å². The number of carboxylic acids is 1. The molecule has 5 nitrogen and oxygen atoms in total. The van der Waals surface area contributed by atoms with Gasteiger partial charge in [-0.05, 0) is 31.7 Å². The van der Waals surface area contributed by atoms with Crippen LogP contribution >= 0.6 is 11.3 Å². The van der Waals surface area contributed by atoms with Crippen LogP contribution in [0.2, 0.25) is 0 Å². The van der Waals surface area contributed by atoms with Gasteiger partial charge in [-0.2, -0.15) is 0 Å². The summed E-state index contributed by atoms with van der Waals surface area (Å²) >= 11 is 1.64. The second kappa shape index (κ2) is 8.66. The maximum atomic E-state index is 11.3. The molecule has 0 amide bonds. The van der Waals surface area contributed by atoms with E-state index in [1.54, 1.807) is 18.4 Å². The highest BCUT2D eigenvalue weighted by atomic mass is 32.1. The van der Waals surface area contributed by atoms with E-state index in [1.807, 2.05) is 18.4 Å². The van der Waals surface area contributed by atoms with Crippen molar-refractivity contribution < 1.29 is 24.1 Å². The number of rotatable bonds is 12. The molecule has 0 radical (unpaired) electrons. The Hall–Kier alpha value is -1.11. The number of carbonyl (C=O) groups is 1. The summed E-state index contributed by atoms with van der Waals surface area (Å²) in [7, 11) is 1.66. The lowest BCUT2D eigenvalue weighted by Crippen LogP contribution is -2.26. The Bertz CT molecular complexity index is 501. The Labute approximate surface area is 141 Å². The van der Waals surface area contributed by atoms with Crippen molar-refractivity contribution >= 4 is 17.3 Å². The van der Waals surface area contributed by atoms with E-state index in [-0.39, 0.29) is 6.10 Å².